The lowest BCUT2D eigenvalue weighted by atomic mass is 10.1. The van der Waals surface area contributed by atoms with Crippen LogP contribution in [-0.4, -0.2) is 55.2 Å². The highest BCUT2D eigenvalue weighted by atomic mass is 127. The topological polar surface area (TPSA) is 67.0 Å². The molecule has 1 aliphatic heterocycles. The van der Waals surface area contributed by atoms with Crippen LogP contribution in [0.3, 0.4) is 0 Å². The molecule has 3 rings (SSSR count). The Balaban J connectivity index is 0.00000280. The van der Waals surface area contributed by atoms with E-state index < -0.39 is 0 Å². The summed E-state index contributed by atoms with van der Waals surface area (Å²) in [5, 5.41) is 3.11. The lowest BCUT2D eigenvalue weighted by Gasteiger charge is -2.35. The average molecular weight is 515 g/mol. The van der Waals surface area contributed by atoms with Crippen LogP contribution >= 0.6 is 35.3 Å². The number of rotatable bonds is 8. The third kappa shape index (κ3) is 6.80. The van der Waals surface area contributed by atoms with Crippen molar-refractivity contribution in [3.8, 4) is 5.75 Å². The summed E-state index contributed by atoms with van der Waals surface area (Å²) in [6, 6.07) is 8.30. The van der Waals surface area contributed by atoms with Crippen LogP contribution in [0.25, 0.3) is 0 Å². The first-order chi connectivity index (χ1) is 13.3. The standard InChI is InChI=1S/C20H29N5OS.HI/c1-2-3-15-26-18-6-4-17(5-7-18)8-9-22-19(21)24-11-13-25(14-12-24)20-23-10-16-27-20;/h4-7,10,16H,2-3,8-9,11-15H2,1H3,(H2,21,22);1H. The van der Waals surface area contributed by atoms with E-state index in [9.17, 15) is 0 Å². The van der Waals surface area contributed by atoms with Gasteiger partial charge in [-0.05, 0) is 30.5 Å². The number of aliphatic imine (C=N–C) groups is 1. The number of unbranched alkanes of at least 4 members (excludes halogenated alkanes) is 1. The molecule has 2 heterocycles. The molecule has 8 heteroatoms. The lowest BCUT2D eigenvalue weighted by molar-refractivity contribution is 0.309. The van der Waals surface area contributed by atoms with E-state index in [-0.39, 0.29) is 24.0 Å². The zero-order chi connectivity index (χ0) is 18.9. The Hall–Kier alpha value is -1.55. The van der Waals surface area contributed by atoms with Crippen molar-refractivity contribution in [1.29, 1.82) is 0 Å². The first kappa shape index (κ1) is 22.7. The number of nitrogens with zero attached hydrogens (tertiary/aromatic N) is 4. The van der Waals surface area contributed by atoms with Crippen molar-refractivity contribution >= 4 is 46.4 Å². The van der Waals surface area contributed by atoms with Gasteiger partial charge in [0.15, 0.2) is 11.1 Å². The average Bonchev–Trinajstić information content (AvgIpc) is 3.24. The van der Waals surface area contributed by atoms with Crippen LogP contribution < -0.4 is 15.4 Å². The molecule has 1 fully saturated rings. The molecule has 2 N–H and O–H groups in total. The van der Waals surface area contributed by atoms with E-state index in [1.54, 1.807) is 11.3 Å². The number of ether oxygens (including phenoxy) is 1. The molecule has 1 aliphatic rings. The third-order valence-corrected chi connectivity index (χ3v) is 5.49. The van der Waals surface area contributed by atoms with E-state index in [1.807, 2.05) is 23.7 Å². The van der Waals surface area contributed by atoms with Crippen LogP contribution in [0.1, 0.15) is 25.3 Å². The monoisotopic (exact) mass is 515 g/mol. The van der Waals surface area contributed by atoms with Crippen molar-refractivity contribution in [3.63, 3.8) is 0 Å². The Bertz CT molecular complexity index is 700. The SMILES string of the molecule is CCCCOc1ccc(CCN=C(N)N2CCN(c3nccs3)CC2)cc1.I. The predicted molar refractivity (Wildman–Crippen MR) is 128 cm³/mol. The summed E-state index contributed by atoms with van der Waals surface area (Å²) < 4.78 is 5.70. The zero-order valence-corrected chi connectivity index (χ0v) is 19.6. The molecule has 1 aromatic heterocycles. The van der Waals surface area contributed by atoms with Crippen molar-refractivity contribution in [2.75, 3.05) is 44.2 Å². The molecule has 0 spiro atoms. The van der Waals surface area contributed by atoms with Gasteiger partial charge in [-0.3, -0.25) is 4.99 Å². The van der Waals surface area contributed by atoms with Crippen molar-refractivity contribution < 1.29 is 4.74 Å². The number of anilines is 1. The van der Waals surface area contributed by atoms with Crippen molar-refractivity contribution in [3.05, 3.63) is 41.4 Å². The maximum Gasteiger partial charge on any atom is 0.191 e. The summed E-state index contributed by atoms with van der Waals surface area (Å²) in [6.07, 6.45) is 4.98. The van der Waals surface area contributed by atoms with E-state index in [0.29, 0.717) is 12.5 Å². The molecule has 1 aromatic carbocycles. The van der Waals surface area contributed by atoms with E-state index in [4.69, 9.17) is 10.5 Å². The third-order valence-electron chi connectivity index (χ3n) is 4.66. The van der Waals surface area contributed by atoms with Gasteiger partial charge >= 0.3 is 0 Å². The molecule has 28 heavy (non-hydrogen) atoms. The first-order valence-corrected chi connectivity index (χ1v) is 10.6. The number of thiazole rings is 1. The second-order valence-electron chi connectivity index (χ2n) is 6.62. The van der Waals surface area contributed by atoms with Crippen LogP contribution in [0, 0.1) is 0 Å². The summed E-state index contributed by atoms with van der Waals surface area (Å²) in [5.41, 5.74) is 7.45. The molecule has 0 amide bonds. The fourth-order valence-electron chi connectivity index (χ4n) is 2.99. The second kappa shape index (κ2) is 12.1. The zero-order valence-electron chi connectivity index (χ0n) is 16.4. The summed E-state index contributed by atoms with van der Waals surface area (Å²) in [4.78, 5) is 13.4. The number of piperazine rings is 1. The number of hydrogen-bond acceptors (Lipinski definition) is 5. The van der Waals surface area contributed by atoms with Gasteiger partial charge in [-0.25, -0.2) is 4.98 Å². The Kier molecular flexibility index (Phi) is 9.83. The Morgan fingerprint density at radius 1 is 1.21 bits per heavy atom. The number of halogens is 1. The minimum atomic E-state index is 0. The Labute approximate surface area is 188 Å². The summed E-state index contributed by atoms with van der Waals surface area (Å²) in [7, 11) is 0. The summed E-state index contributed by atoms with van der Waals surface area (Å²) >= 11 is 1.68. The smallest absolute Gasteiger partial charge is 0.191 e. The molecule has 2 aromatic rings. The van der Waals surface area contributed by atoms with Crippen LogP contribution in [0.5, 0.6) is 5.75 Å². The number of hydrogen-bond donors (Lipinski definition) is 1. The quantitative estimate of drug-likeness (QED) is 0.252. The van der Waals surface area contributed by atoms with Gasteiger partial charge in [0.25, 0.3) is 0 Å². The summed E-state index contributed by atoms with van der Waals surface area (Å²) in [6.45, 7) is 7.30. The van der Waals surface area contributed by atoms with E-state index in [1.165, 1.54) is 5.56 Å². The molecule has 0 radical (unpaired) electrons. The number of aromatic nitrogens is 1. The molecule has 0 atom stereocenters. The minimum Gasteiger partial charge on any atom is -0.494 e. The highest BCUT2D eigenvalue weighted by molar-refractivity contribution is 14.0. The number of nitrogens with two attached hydrogens (primary N) is 1. The fraction of sp³-hybridized carbons (Fsp3) is 0.500. The molecule has 0 unspecified atom stereocenters. The van der Waals surface area contributed by atoms with Gasteiger partial charge in [-0.15, -0.1) is 35.3 Å². The molecule has 1 saturated heterocycles. The fourth-order valence-corrected chi connectivity index (χ4v) is 3.68. The van der Waals surface area contributed by atoms with E-state index >= 15 is 0 Å². The van der Waals surface area contributed by atoms with Gasteiger partial charge < -0.3 is 20.3 Å². The van der Waals surface area contributed by atoms with Gasteiger partial charge in [0.05, 0.1) is 6.61 Å². The van der Waals surface area contributed by atoms with Gasteiger partial charge in [0, 0.05) is 44.3 Å². The maximum absolute atomic E-state index is 6.19. The van der Waals surface area contributed by atoms with Crippen molar-refractivity contribution in [2.24, 2.45) is 10.7 Å². The molecule has 154 valence electrons. The van der Waals surface area contributed by atoms with Gasteiger partial charge in [-0.1, -0.05) is 25.5 Å². The van der Waals surface area contributed by atoms with Gasteiger partial charge in [-0.2, -0.15) is 0 Å². The number of benzene rings is 1. The van der Waals surface area contributed by atoms with Crippen LogP contribution in [0.15, 0.2) is 40.8 Å². The minimum absolute atomic E-state index is 0. The summed E-state index contributed by atoms with van der Waals surface area (Å²) in [5.74, 6) is 1.58. The van der Waals surface area contributed by atoms with E-state index in [2.05, 4.69) is 38.8 Å². The molecule has 6 nitrogen and oxygen atoms in total. The van der Waals surface area contributed by atoms with Crippen molar-refractivity contribution in [2.45, 2.75) is 26.2 Å². The first-order valence-electron chi connectivity index (χ1n) is 9.67. The molecular weight excluding hydrogens is 485 g/mol. The highest BCUT2D eigenvalue weighted by Crippen LogP contribution is 2.18. The molecule has 0 saturated carbocycles. The number of guanidine groups is 1. The normalized spacial score (nSPS) is 14.7. The molecule has 0 bridgehead atoms. The van der Waals surface area contributed by atoms with Gasteiger partial charge in [0.1, 0.15) is 5.75 Å². The predicted octanol–water partition coefficient (Wildman–Crippen LogP) is 3.62. The highest BCUT2D eigenvalue weighted by Gasteiger charge is 2.19. The van der Waals surface area contributed by atoms with Crippen LogP contribution in [0.2, 0.25) is 0 Å². The maximum atomic E-state index is 6.19. The van der Waals surface area contributed by atoms with Crippen molar-refractivity contribution in [1.82, 2.24) is 9.88 Å². The van der Waals surface area contributed by atoms with Crippen LogP contribution in [-0.2, 0) is 6.42 Å². The lowest BCUT2D eigenvalue weighted by Crippen LogP contribution is -2.51. The van der Waals surface area contributed by atoms with Crippen LogP contribution in [0.4, 0.5) is 5.13 Å². The largest absolute Gasteiger partial charge is 0.494 e. The Morgan fingerprint density at radius 2 is 1.96 bits per heavy atom. The van der Waals surface area contributed by atoms with Gasteiger partial charge in [0.2, 0.25) is 0 Å². The molecule has 0 aliphatic carbocycles. The molecular formula is C20H30IN5OS. The second-order valence-corrected chi connectivity index (χ2v) is 7.50. The van der Waals surface area contributed by atoms with E-state index in [0.717, 1.165) is 62.9 Å². The Morgan fingerprint density at radius 3 is 2.61 bits per heavy atom.